The number of amides is 2. The normalized spacial score (nSPS) is 20.3. The molecule has 2 aromatic rings. The molecule has 0 aromatic heterocycles. The summed E-state index contributed by atoms with van der Waals surface area (Å²) in [6.45, 7) is 9.58. The van der Waals surface area contributed by atoms with Crippen molar-refractivity contribution in [3.63, 3.8) is 0 Å². The minimum Gasteiger partial charge on any atom is -0.399 e. The number of para-hydroxylation sites is 1. The maximum absolute atomic E-state index is 13.8. The Balaban J connectivity index is 1.71. The Morgan fingerprint density at radius 3 is 2.17 bits per heavy atom. The second kappa shape index (κ2) is 10.2. The predicted octanol–water partition coefficient (Wildman–Crippen LogP) is 4.53. The molecule has 0 spiro atoms. The SMILES string of the molecule is CC(=O)N(c1ccccc1)C(C(=O)NC1CCCCC1)c1cccc(B2OC(C)(C)C(C)(C)O2)c1. The van der Waals surface area contributed by atoms with Gasteiger partial charge in [0.15, 0.2) is 0 Å². The van der Waals surface area contributed by atoms with E-state index in [2.05, 4.69) is 5.32 Å². The van der Waals surface area contributed by atoms with Crippen molar-refractivity contribution in [3.05, 3.63) is 60.2 Å². The van der Waals surface area contributed by atoms with Crippen LogP contribution in [0.5, 0.6) is 0 Å². The summed E-state index contributed by atoms with van der Waals surface area (Å²) in [7, 11) is -0.551. The molecule has 7 heteroatoms. The van der Waals surface area contributed by atoms with Gasteiger partial charge in [0.05, 0.1) is 11.2 Å². The lowest BCUT2D eigenvalue weighted by atomic mass is 9.77. The number of carbonyl (C=O) groups excluding carboxylic acids is 2. The first-order chi connectivity index (χ1) is 16.6. The van der Waals surface area contributed by atoms with Gasteiger partial charge in [-0.3, -0.25) is 14.5 Å². The molecule has 1 aliphatic heterocycles. The van der Waals surface area contributed by atoms with Gasteiger partial charge in [-0.05, 0) is 63.7 Å². The van der Waals surface area contributed by atoms with Crippen LogP contribution < -0.4 is 15.7 Å². The van der Waals surface area contributed by atoms with Crippen molar-refractivity contribution in [2.75, 3.05) is 4.90 Å². The third kappa shape index (κ3) is 5.46. The zero-order valence-corrected chi connectivity index (χ0v) is 21.5. The van der Waals surface area contributed by atoms with Crippen molar-refractivity contribution in [1.82, 2.24) is 5.32 Å². The molecule has 6 nitrogen and oxygen atoms in total. The van der Waals surface area contributed by atoms with Crippen molar-refractivity contribution in [2.24, 2.45) is 0 Å². The molecule has 1 N–H and O–H groups in total. The number of hydrogen-bond acceptors (Lipinski definition) is 4. The fourth-order valence-corrected chi connectivity index (χ4v) is 4.90. The van der Waals surface area contributed by atoms with Crippen LogP contribution in [0.3, 0.4) is 0 Å². The lowest BCUT2D eigenvalue weighted by Crippen LogP contribution is -2.47. The highest BCUT2D eigenvalue weighted by Gasteiger charge is 2.51. The molecule has 1 unspecified atom stereocenters. The van der Waals surface area contributed by atoms with Crippen LogP contribution >= 0.6 is 0 Å². The number of rotatable bonds is 6. The average molecular weight is 476 g/mol. The molecule has 1 aliphatic carbocycles. The summed E-state index contributed by atoms with van der Waals surface area (Å²) in [5.41, 5.74) is 1.30. The summed E-state index contributed by atoms with van der Waals surface area (Å²) >= 11 is 0. The molecular formula is C28H37BN2O4. The van der Waals surface area contributed by atoms with Crippen LogP contribution in [-0.4, -0.2) is 36.2 Å². The fraction of sp³-hybridized carbons (Fsp3) is 0.500. The molecule has 1 heterocycles. The van der Waals surface area contributed by atoms with Gasteiger partial charge in [0.1, 0.15) is 6.04 Å². The molecule has 1 atom stereocenters. The number of nitrogens with one attached hydrogen (secondary N) is 1. The van der Waals surface area contributed by atoms with Crippen LogP contribution in [0.1, 0.15) is 78.3 Å². The van der Waals surface area contributed by atoms with Crippen LogP contribution in [0, 0.1) is 0 Å². The van der Waals surface area contributed by atoms with E-state index in [0.29, 0.717) is 5.69 Å². The Morgan fingerprint density at radius 1 is 0.943 bits per heavy atom. The van der Waals surface area contributed by atoms with Crippen LogP contribution in [-0.2, 0) is 18.9 Å². The summed E-state index contributed by atoms with van der Waals surface area (Å²) in [5, 5.41) is 3.24. The zero-order valence-electron chi connectivity index (χ0n) is 21.5. The van der Waals surface area contributed by atoms with Gasteiger partial charge in [0.25, 0.3) is 0 Å². The summed E-state index contributed by atoms with van der Waals surface area (Å²) in [5.74, 6) is -0.358. The molecule has 2 aliphatic rings. The highest BCUT2D eigenvalue weighted by atomic mass is 16.7. The lowest BCUT2D eigenvalue weighted by molar-refractivity contribution is -0.126. The summed E-state index contributed by atoms with van der Waals surface area (Å²) in [6, 6.07) is 16.4. The van der Waals surface area contributed by atoms with Gasteiger partial charge in [0, 0.05) is 18.7 Å². The molecule has 2 fully saturated rings. The van der Waals surface area contributed by atoms with Crippen molar-refractivity contribution in [2.45, 2.75) is 90.0 Å². The second-order valence-corrected chi connectivity index (χ2v) is 10.7. The minimum atomic E-state index is -0.806. The molecule has 0 radical (unpaired) electrons. The fourth-order valence-electron chi connectivity index (χ4n) is 4.90. The van der Waals surface area contributed by atoms with Gasteiger partial charge < -0.3 is 14.6 Å². The maximum atomic E-state index is 13.8. The Kier molecular flexibility index (Phi) is 7.39. The predicted molar refractivity (Wildman–Crippen MR) is 140 cm³/mol. The first kappa shape index (κ1) is 25.5. The van der Waals surface area contributed by atoms with Gasteiger partial charge in [0.2, 0.25) is 11.8 Å². The first-order valence-corrected chi connectivity index (χ1v) is 12.7. The Morgan fingerprint density at radius 2 is 1.57 bits per heavy atom. The smallest absolute Gasteiger partial charge is 0.399 e. The van der Waals surface area contributed by atoms with Gasteiger partial charge >= 0.3 is 7.12 Å². The third-order valence-corrected chi connectivity index (χ3v) is 7.58. The number of hydrogen-bond donors (Lipinski definition) is 1. The molecular weight excluding hydrogens is 439 g/mol. The summed E-state index contributed by atoms with van der Waals surface area (Å²) in [6.07, 6.45) is 5.37. The van der Waals surface area contributed by atoms with Crippen LogP contribution in [0.4, 0.5) is 5.69 Å². The molecule has 1 saturated carbocycles. The number of benzene rings is 2. The van der Waals surface area contributed by atoms with E-state index in [4.69, 9.17) is 9.31 Å². The Bertz CT molecular complexity index is 1030. The highest BCUT2D eigenvalue weighted by molar-refractivity contribution is 6.62. The van der Waals surface area contributed by atoms with Gasteiger partial charge in [-0.15, -0.1) is 0 Å². The van der Waals surface area contributed by atoms with Crippen molar-refractivity contribution in [3.8, 4) is 0 Å². The molecule has 2 aromatic carbocycles. The number of nitrogens with zero attached hydrogens (tertiary/aromatic N) is 1. The van der Waals surface area contributed by atoms with Crippen LogP contribution in [0.15, 0.2) is 54.6 Å². The van der Waals surface area contributed by atoms with Gasteiger partial charge in [-0.1, -0.05) is 61.7 Å². The Hall–Kier alpha value is -2.64. The molecule has 186 valence electrons. The van der Waals surface area contributed by atoms with E-state index in [0.717, 1.165) is 36.7 Å². The summed E-state index contributed by atoms with van der Waals surface area (Å²) in [4.78, 5) is 28.4. The van der Waals surface area contributed by atoms with Gasteiger partial charge in [-0.25, -0.2) is 0 Å². The topological polar surface area (TPSA) is 67.9 Å². The van der Waals surface area contributed by atoms with E-state index in [9.17, 15) is 9.59 Å². The molecule has 1 saturated heterocycles. The maximum Gasteiger partial charge on any atom is 0.494 e. The standard InChI is InChI=1S/C28H37BN2O4/c1-20(32)31(24-17-10-7-11-18-24)25(26(33)30-23-15-8-6-9-16-23)21-13-12-14-22(19-21)29-34-27(2,3)28(4,5)35-29/h7,10-14,17-19,23,25H,6,8-9,15-16H2,1-5H3,(H,30,33). The lowest BCUT2D eigenvalue weighted by Gasteiger charge is -2.33. The van der Waals surface area contributed by atoms with E-state index >= 15 is 0 Å². The first-order valence-electron chi connectivity index (χ1n) is 12.7. The largest absolute Gasteiger partial charge is 0.494 e. The van der Waals surface area contributed by atoms with E-state index in [-0.39, 0.29) is 17.9 Å². The van der Waals surface area contributed by atoms with E-state index in [1.54, 1.807) is 4.90 Å². The van der Waals surface area contributed by atoms with Crippen molar-refractivity contribution < 1.29 is 18.9 Å². The van der Waals surface area contributed by atoms with Crippen molar-refractivity contribution >= 4 is 30.1 Å². The zero-order chi connectivity index (χ0) is 25.2. The Labute approximate surface area is 209 Å². The van der Waals surface area contributed by atoms with Crippen LogP contribution in [0.25, 0.3) is 0 Å². The van der Waals surface area contributed by atoms with Crippen molar-refractivity contribution in [1.29, 1.82) is 0 Å². The minimum absolute atomic E-state index is 0.134. The average Bonchev–Trinajstić information content (AvgIpc) is 3.05. The van der Waals surface area contributed by atoms with E-state index in [1.807, 2.05) is 82.3 Å². The summed E-state index contributed by atoms with van der Waals surface area (Å²) < 4.78 is 12.5. The van der Waals surface area contributed by atoms with Gasteiger partial charge in [-0.2, -0.15) is 0 Å². The monoisotopic (exact) mass is 476 g/mol. The van der Waals surface area contributed by atoms with E-state index in [1.165, 1.54) is 13.3 Å². The number of carbonyl (C=O) groups is 2. The molecule has 0 bridgehead atoms. The number of anilines is 1. The second-order valence-electron chi connectivity index (χ2n) is 10.7. The van der Waals surface area contributed by atoms with E-state index < -0.39 is 24.4 Å². The molecule has 35 heavy (non-hydrogen) atoms. The highest BCUT2D eigenvalue weighted by Crippen LogP contribution is 2.37. The molecule has 4 rings (SSSR count). The molecule has 2 amide bonds. The van der Waals surface area contributed by atoms with Crippen LogP contribution in [0.2, 0.25) is 0 Å². The third-order valence-electron chi connectivity index (χ3n) is 7.58. The quantitative estimate of drug-likeness (QED) is 0.623.